The lowest BCUT2D eigenvalue weighted by molar-refractivity contribution is -0.0256. The van der Waals surface area contributed by atoms with Crippen LogP contribution in [0.5, 0.6) is 11.5 Å². The Bertz CT molecular complexity index is 1580. The highest BCUT2D eigenvalue weighted by molar-refractivity contribution is 5.95. The minimum atomic E-state index is -0.112. The zero-order chi connectivity index (χ0) is 28.2. The number of likely N-dealkylation sites (N-methyl/N-ethyl adjacent to an activating group) is 1. The van der Waals surface area contributed by atoms with Crippen LogP contribution in [0.4, 0.5) is 5.69 Å². The SMILES string of the molecule is COc1ccc2c3c1O[C@H]1c4[nH]c(C(=O)N5CCN(c6ccc(C)cc6C)CC5)c(C)c4C[C@H]4[C@@H](C2)N(C)CC[C@]314. The van der Waals surface area contributed by atoms with Crippen molar-refractivity contribution in [2.75, 3.05) is 51.8 Å². The molecular formula is C34H40N4O3. The van der Waals surface area contributed by atoms with Gasteiger partial charge in [0.25, 0.3) is 5.91 Å². The number of piperazine rings is 1. The molecule has 3 aliphatic heterocycles. The number of hydrogen-bond acceptors (Lipinski definition) is 5. The third-order valence-corrected chi connectivity index (χ3v) is 11.2. The number of fused-ring (bicyclic) bond motifs is 2. The predicted molar refractivity (Wildman–Crippen MR) is 160 cm³/mol. The summed E-state index contributed by atoms with van der Waals surface area (Å²) >= 11 is 0. The molecule has 0 radical (unpaired) electrons. The van der Waals surface area contributed by atoms with E-state index in [0.717, 1.165) is 80.4 Å². The molecule has 1 spiro atoms. The summed E-state index contributed by atoms with van der Waals surface area (Å²) in [7, 11) is 4.02. The Morgan fingerprint density at radius 3 is 2.61 bits per heavy atom. The van der Waals surface area contributed by atoms with Crippen molar-refractivity contribution in [3.8, 4) is 11.5 Å². The number of anilines is 1. The average Bonchev–Trinajstić information content (AvgIpc) is 3.49. The highest BCUT2D eigenvalue weighted by Crippen LogP contribution is 2.67. The molecule has 7 heteroatoms. The molecule has 0 unspecified atom stereocenters. The van der Waals surface area contributed by atoms with E-state index in [1.807, 2.05) is 4.90 Å². The number of benzene rings is 2. The Morgan fingerprint density at radius 1 is 1.05 bits per heavy atom. The molecule has 41 heavy (non-hydrogen) atoms. The maximum absolute atomic E-state index is 14.1. The van der Waals surface area contributed by atoms with Crippen LogP contribution in [-0.2, 0) is 18.3 Å². The monoisotopic (exact) mass is 552 g/mol. The fourth-order valence-electron chi connectivity index (χ4n) is 9.12. The van der Waals surface area contributed by atoms with Crippen molar-refractivity contribution in [3.63, 3.8) is 0 Å². The highest BCUT2D eigenvalue weighted by atomic mass is 16.5. The smallest absolute Gasteiger partial charge is 0.270 e. The van der Waals surface area contributed by atoms with Crippen LogP contribution in [0.3, 0.4) is 0 Å². The molecule has 2 bridgehead atoms. The van der Waals surface area contributed by atoms with Gasteiger partial charge in [-0.3, -0.25) is 4.79 Å². The van der Waals surface area contributed by atoms with E-state index in [1.54, 1.807) is 7.11 Å². The van der Waals surface area contributed by atoms with Gasteiger partial charge in [-0.2, -0.15) is 0 Å². The quantitative estimate of drug-likeness (QED) is 0.510. The number of carbonyl (C=O) groups excluding carboxylic acids is 1. The second-order valence-corrected chi connectivity index (χ2v) is 13.1. The van der Waals surface area contributed by atoms with Crippen LogP contribution in [-0.4, -0.2) is 73.6 Å². The lowest BCUT2D eigenvalue weighted by Gasteiger charge is -2.57. The normalized spacial score (nSPS) is 27.8. The van der Waals surface area contributed by atoms with Crippen LogP contribution in [0, 0.1) is 26.7 Å². The second kappa shape index (κ2) is 8.78. The summed E-state index contributed by atoms with van der Waals surface area (Å²) in [5.74, 6) is 2.33. The Labute approximate surface area is 242 Å². The lowest BCUT2D eigenvalue weighted by Crippen LogP contribution is -2.62. The Balaban J connectivity index is 1.13. The largest absolute Gasteiger partial charge is 0.493 e. The first-order valence-corrected chi connectivity index (χ1v) is 15.2. The van der Waals surface area contributed by atoms with Gasteiger partial charge >= 0.3 is 0 Å². The molecular weight excluding hydrogens is 512 g/mol. The van der Waals surface area contributed by atoms with Gasteiger partial charge in [-0.1, -0.05) is 23.8 Å². The third-order valence-electron chi connectivity index (χ3n) is 11.2. The Morgan fingerprint density at radius 2 is 1.85 bits per heavy atom. The number of nitrogens with zero attached hydrogens (tertiary/aromatic N) is 3. The van der Waals surface area contributed by atoms with Crippen LogP contribution in [0.25, 0.3) is 0 Å². The van der Waals surface area contributed by atoms with Crippen molar-refractivity contribution in [2.45, 2.75) is 57.6 Å². The Hall–Kier alpha value is -3.45. The number of aromatic amines is 1. The highest BCUT2D eigenvalue weighted by Gasteiger charge is 2.65. The molecule has 5 aliphatic rings. The maximum Gasteiger partial charge on any atom is 0.270 e. The van der Waals surface area contributed by atoms with Crippen molar-refractivity contribution < 1.29 is 14.3 Å². The fourth-order valence-corrected chi connectivity index (χ4v) is 9.12. The van der Waals surface area contributed by atoms with Crippen LogP contribution in [0.1, 0.15) is 62.1 Å². The molecule has 1 N–H and O–H groups in total. The molecule has 2 aromatic carbocycles. The summed E-state index contributed by atoms with van der Waals surface area (Å²) in [6.07, 6.45) is 2.97. The zero-order valence-electron chi connectivity index (χ0n) is 24.8. The van der Waals surface area contributed by atoms with Gasteiger partial charge in [0.15, 0.2) is 11.5 Å². The molecule has 8 rings (SSSR count). The number of likely N-dealkylation sites (tertiary alicyclic amines) is 1. The van der Waals surface area contributed by atoms with Gasteiger partial charge in [0.1, 0.15) is 11.8 Å². The number of carbonyl (C=O) groups is 1. The van der Waals surface area contributed by atoms with Gasteiger partial charge in [0, 0.05) is 48.9 Å². The number of methoxy groups -OCH3 is 1. The first kappa shape index (κ1) is 25.3. The fraction of sp³-hybridized carbons (Fsp3) is 0.500. The molecule has 1 aromatic heterocycles. The molecule has 214 valence electrons. The van der Waals surface area contributed by atoms with Crippen LogP contribution < -0.4 is 14.4 Å². The third kappa shape index (κ3) is 3.33. The molecule has 1 amide bonds. The Kier molecular flexibility index (Phi) is 5.41. The van der Waals surface area contributed by atoms with Gasteiger partial charge < -0.3 is 29.2 Å². The van der Waals surface area contributed by atoms with E-state index in [9.17, 15) is 4.79 Å². The summed E-state index contributed by atoms with van der Waals surface area (Å²) in [6.45, 7) is 10.6. The molecule has 2 fully saturated rings. The summed E-state index contributed by atoms with van der Waals surface area (Å²) < 4.78 is 12.7. The molecule has 2 saturated heterocycles. The summed E-state index contributed by atoms with van der Waals surface area (Å²) in [4.78, 5) is 24.8. The van der Waals surface area contributed by atoms with Crippen molar-refractivity contribution >= 4 is 11.6 Å². The lowest BCUT2D eigenvalue weighted by atomic mass is 9.51. The second-order valence-electron chi connectivity index (χ2n) is 13.1. The first-order valence-electron chi connectivity index (χ1n) is 15.2. The number of aromatic nitrogens is 1. The standard InChI is InChI=1S/C34H40N4O3/c1-19-6-8-25(20(2)16-19)37-12-14-38(15-13-37)33(39)29-21(3)23-18-24-26-17-22-7-9-27(40-5)31-28(22)34(24,10-11-36(26)4)32(41-31)30(23)35-29/h6-9,16,24,26,32,35H,10-15,17-18H2,1-5H3/t24-,26+,32-,34-/m0/s1. The van der Waals surface area contributed by atoms with Gasteiger partial charge in [-0.15, -0.1) is 0 Å². The van der Waals surface area contributed by atoms with Crippen LogP contribution in [0.2, 0.25) is 0 Å². The molecule has 3 aromatic rings. The van der Waals surface area contributed by atoms with Crippen LogP contribution >= 0.6 is 0 Å². The first-order chi connectivity index (χ1) is 19.8. The van der Waals surface area contributed by atoms with Gasteiger partial charge in [0.05, 0.1) is 12.8 Å². The molecule has 7 nitrogen and oxygen atoms in total. The zero-order valence-corrected chi connectivity index (χ0v) is 24.8. The van der Waals surface area contributed by atoms with E-state index >= 15 is 0 Å². The van der Waals surface area contributed by atoms with Gasteiger partial charge in [0.2, 0.25) is 0 Å². The van der Waals surface area contributed by atoms with Gasteiger partial charge in [-0.05, 0) is 93.9 Å². The van der Waals surface area contributed by atoms with E-state index < -0.39 is 0 Å². The van der Waals surface area contributed by atoms with Gasteiger partial charge in [-0.25, -0.2) is 0 Å². The topological polar surface area (TPSA) is 61.0 Å². The van der Waals surface area contributed by atoms with Crippen molar-refractivity contribution in [2.24, 2.45) is 5.92 Å². The maximum atomic E-state index is 14.1. The summed E-state index contributed by atoms with van der Waals surface area (Å²) in [5.41, 5.74) is 10.8. The molecule has 4 heterocycles. The van der Waals surface area contributed by atoms with E-state index in [-0.39, 0.29) is 17.4 Å². The van der Waals surface area contributed by atoms with Crippen LogP contribution in [0.15, 0.2) is 30.3 Å². The van der Waals surface area contributed by atoms with E-state index in [1.165, 1.54) is 33.5 Å². The number of hydrogen-bond donors (Lipinski definition) is 1. The number of rotatable bonds is 3. The predicted octanol–water partition coefficient (Wildman–Crippen LogP) is 4.71. The van der Waals surface area contributed by atoms with Crippen molar-refractivity contribution in [1.82, 2.24) is 14.8 Å². The number of ether oxygens (including phenoxy) is 2. The van der Waals surface area contributed by atoms with E-state index in [2.05, 4.69) is 72.9 Å². The number of H-pyrrole nitrogens is 1. The summed E-state index contributed by atoms with van der Waals surface area (Å²) in [5, 5.41) is 0. The minimum Gasteiger partial charge on any atom is -0.493 e. The van der Waals surface area contributed by atoms with E-state index in [4.69, 9.17) is 9.47 Å². The number of piperidine rings is 1. The van der Waals surface area contributed by atoms with Crippen molar-refractivity contribution in [1.29, 1.82) is 0 Å². The van der Waals surface area contributed by atoms with E-state index in [0.29, 0.717) is 12.0 Å². The average molecular weight is 553 g/mol. The number of nitrogens with one attached hydrogen (secondary N) is 1. The molecule has 0 saturated carbocycles. The number of amides is 1. The van der Waals surface area contributed by atoms with Crippen molar-refractivity contribution in [3.05, 3.63) is 75.1 Å². The number of aryl methyl sites for hydroxylation is 2. The molecule has 4 atom stereocenters. The molecule has 2 aliphatic carbocycles. The minimum absolute atomic E-state index is 0.0727. The summed E-state index contributed by atoms with van der Waals surface area (Å²) in [6, 6.07) is 11.4.